The number of aryl methyl sites for hydroxylation is 1. The molecule has 1 aromatic carbocycles. The Labute approximate surface area is 165 Å². The Hall–Kier alpha value is -0.970. The number of hydrogen-bond acceptors (Lipinski definition) is 4. The van der Waals surface area contributed by atoms with Gasteiger partial charge in [0.25, 0.3) is 15.9 Å². The van der Waals surface area contributed by atoms with Crippen molar-refractivity contribution in [2.45, 2.75) is 30.5 Å². The Morgan fingerprint density at radius 1 is 1.24 bits per heavy atom. The molecule has 134 valence electrons. The number of thiophene rings is 1. The fourth-order valence-corrected chi connectivity index (χ4v) is 6.30. The first kappa shape index (κ1) is 18.8. The molecule has 0 spiro atoms. The number of hydrogen-bond donors (Lipinski definition) is 1. The number of benzene rings is 1. The molecule has 0 radical (unpaired) electrons. The van der Waals surface area contributed by atoms with Crippen LogP contribution in [0.4, 0.5) is 0 Å². The lowest BCUT2D eigenvalue weighted by Crippen LogP contribution is -2.27. The van der Waals surface area contributed by atoms with Crippen molar-refractivity contribution in [3.8, 4) is 0 Å². The monoisotopic (exact) mass is 490 g/mol. The lowest BCUT2D eigenvalue weighted by atomic mass is 10.1. The molecule has 1 aliphatic rings. The van der Waals surface area contributed by atoms with Gasteiger partial charge < -0.3 is 5.32 Å². The molecule has 1 fully saturated rings. The minimum Gasteiger partial charge on any atom is -0.347 e. The van der Waals surface area contributed by atoms with Crippen LogP contribution in [-0.2, 0) is 16.6 Å². The van der Waals surface area contributed by atoms with E-state index >= 15 is 0 Å². The second-order valence-corrected chi connectivity index (χ2v) is 10.4. The lowest BCUT2D eigenvalue weighted by molar-refractivity contribution is 0.0950. The summed E-state index contributed by atoms with van der Waals surface area (Å²) in [6.07, 6.45) is 1.84. The van der Waals surface area contributed by atoms with Crippen molar-refractivity contribution in [1.29, 1.82) is 0 Å². The largest absolute Gasteiger partial charge is 0.347 e. The number of nitrogens with zero attached hydrogens (tertiary/aromatic N) is 1. The summed E-state index contributed by atoms with van der Waals surface area (Å²) in [5.41, 5.74) is 1.70. The van der Waals surface area contributed by atoms with E-state index in [0.717, 1.165) is 26.9 Å². The van der Waals surface area contributed by atoms with Crippen LogP contribution in [0.1, 0.15) is 33.6 Å². The maximum absolute atomic E-state index is 12.5. The molecule has 0 atom stereocenters. The van der Waals surface area contributed by atoms with Gasteiger partial charge in [0.1, 0.15) is 4.21 Å². The predicted octanol–water partition coefficient (Wildman–Crippen LogP) is 3.38. The fraction of sp³-hybridized carbons (Fsp3) is 0.353. The van der Waals surface area contributed by atoms with E-state index in [-0.39, 0.29) is 5.91 Å². The van der Waals surface area contributed by atoms with E-state index in [1.807, 2.05) is 19.1 Å². The van der Waals surface area contributed by atoms with Crippen molar-refractivity contribution < 1.29 is 13.2 Å². The normalized spacial score (nSPS) is 15.4. The van der Waals surface area contributed by atoms with Crippen LogP contribution in [-0.4, -0.2) is 31.7 Å². The first-order valence-electron chi connectivity index (χ1n) is 8.02. The Morgan fingerprint density at radius 2 is 1.96 bits per heavy atom. The molecule has 0 bridgehead atoms. The average molecular weight is 490 g/mol. The molecule has 1 N–H and O–H groups in total. The van der Waals surface area contributed by atoms with Crippen LogP contribution in [0.3, 0.4) is 0 Å². The molecule has 0 unspecified atom stereocenters. The second kappa shape index (κ2) is 7.73. The van der Waals surface area contributed by atoms with E-state index in [1.165, 1.54) is 15.6 Å². The van der Waals surface area contributed by atoms with Crippen LogP contribution in [0.15, 0.2) is 34.5 Å². The van der Waals surface area contributed by atoms with Gasteiger partial charge in [0.15, 0.2) is 0 Å². The first-order valence-corrected chi connectivity index (χ1v) is 11.4. The standard InChI is InChI=1S/C17H19IN2O3S2/c1-12-5-4-6-14(16(12)18)17(21)19-11-13-7-8-15(24-13)25(22,23)20-9-2-3-10-20/h4-8H,2-3,9-11H2,1H3,(H,19,21). The molecule has 1 saturated heterocycles. The summed E-state index contributed by atoms with van der Waals surface area (Å²) in [5.74, 6) is -0.148. The summed E-state index contributed by atoms with van der Waals surface area (Å²) in [7, 11) is -3.38. The van der Waals surface area contributed by atoms with Gasteiger partial charge in [-0.15, -0.1) is 11.3 Å². The molecule has 2 aromatic rings. The van der Waals surface area contributed by atoms with Crippen molar-refractivity contribution in [2.24, 2.45) is 0 Å². The van der Waals surface area contributed by atoms with Gasteiger partial charge in [0, 0.05) is 21.5 Å². The number of sulfonamides is 1. The zero-order valence-corrected chi connectivity index (χ0v) is 17.6. The first-order chi connectivity index (χ1) is 11.9. The highest BCUT2D eigenvalue weighted by molar-refractivity contribution is 14.1. The van der Waals surface area contributed by atoms with E-state index in [2.05, 4.69) is 27.9 Å². The number of carbonyl (C=O) groups excluding carboxylic acids is 1. The molecule has 25 heavy (non-hydrogen) atoms. The van der Waals surface area contributed by atoms with Crippen LogP contribution in [0, 0.1) is 10.5 Å². The van der Waals surface area contributed by atoms with Gasteiger partial charge in [0.2, 0.25) is 0 Å². The highest BCUT2D eigenvalue weighted by Gasteiger charge is 2.28. The summed E-state index contributed by atoms with van der Waals surface area (Å²) in [6, 6.07) is 9.03. The van der Waals surface area contributed by atoms with E-state index in [4.69, 9.17) is 0 Å². The number of carbonyl (C=O) groups is 1. The van der Waals surface area contributed by atoms with E-state index in [1.54, 1.807) is 18.2 Å². The van der Waals surface area contributed by atoms with Gasteiger partial charge in [-0.3, -0.25) is 4.79 Å². The van der Waals surface area contributed by atoms with Gasteiger partial charge in [-0.2, -0.15) is 4.31 Å². The van der Waals surface area contributed by atoms with Crippen LogP contribution in [0.2, 0.25) is 0 Å². The quantitative estimate of drug-likeness (QED) is 0.654. The summed E-state index contributed by atoms with van der Waals surface area (Å²) in [5, 5.41) is 2.88. The van der Waals surface area contributed by atoms with Crippen molar-refractivity contribution >= 4 is 49.9 Å². The molecular weight excluding hydrogens is 471 g/mol. The van der Waals surface area contributed by atoms with Crippen LogP contribution < -0.4 is 5.32 Å². The van der Waals surface area contributed by atoms with Crippen molar-refractivity contribution in [2.75, 3.05) is 13.1 Å². The third kappa shape index (κ3) is 4.07. The van der Waals surface area contributed by atoms with Crippen LogP contribution >= 0.6 is 33.9 Å². The Kier molecular flexibility index (Phi) is 5.81. The molecule has 3 rings (SSSR count). The highest BCUT2D eigenvalue weighted by Crippen LogP contribution is 2.27. The number of amides is 1. The Morgan fingerprint density at radius 3 is 2.68 bits per heavy atom. The van der Waals surface area contributed by atoms with Gasteiger partial charge in [-0.05, 0) is 66.1 Å². The lowest BCUT2D eigenvalue weighted by Gasteiger charge is -2.13. The minimum absolute atomic E-state index is 0.148. The molecule has 8 heteroatoms. The predicted molar refractivity (Wildman–Crippen MR) is 107 cm³/mol. The van der Waals surface area contributed by atoms with Gasteiger partial charge in [-0.25, -0.2) is 8.42 Å². The molecule has 5 nitrogen and oxygen atoms in total. The third-order valence-corrected chi connectivity index (χ3v) is 9.04. The van der Waals surface area contributed by atoms with Crippen molar-refractivity contribution in [1.82, 2.24) is 9.62 Å². The summed E-state index contributed by atoms with van der Waals surface area (Å²) < 4.78 is 27.9. The van der Waals surface area contributed by atoms with Crippen LogP contribution in [0.25, 0.3) is 0 Å². The average Bonchev–Trinajstić information content (AvgIpc) is 3.27. The molecule has 1 amide bonds. The second-order valence-electron chi connectivity index (χ2n) is 5.95. The maximum Gasteiger partial charge on any atom is 0.252 e. The van der Waals surface area contributed by atoms with E-state index < -0.39 is 10.0 Å². The van der Waals surface area contributed by atoms with Crippen LogP contribution in [0.5, 0.6) is 0 Å². The highest BCUT2D eigenvalue weighted by atomic mass is 127. The zero-order chi connectivity index (χ0) is 18.0. The molecule has 1 aliphatic heterocycles. The number of halogens is 1. The van der Waals surface area contributed by atoms with E-state index in [9.17, 15) is 13.2 Å². The fourth-order valence-electron chi connectivity index (χ4n) is 2.73. The summed E-state index contributed by atoms with van der Waals surface area (Å²) in [4.78, 5) is 13.2. The van der Waals surface area contributed by atoms with Gasteiger partial charge in [-0.1, -0.05) is 12.1 Å². The SMILES string of the molecule is Cc1cccc(C(=O)NCc2ccc(S(=O)(=O)N3CCCC3)s2)c1I. The molecular formula is C17H19IN2O3S2. The van der Waals surface area contributed by atoms with Gasteiger partial charge in [0.05, 0.1) is 12.1 Å². The van der Waals surface area contributed by atoms with E-state index in [0.29, 0.717) is 29.4 Å². The topological polar surface area (TPSA) is 66.5 Å². The Balaban J connectivity index is 1.68. The van der Waals surface area contributed by atoms with Crippen molar-refractivity contribution in [3.05, 3.63) is 49.9 Å². The maximum atomic E-state index is 12.5. The Bertz CT molecular complexity index is 887. The molecule has 2 heterocycles. The molecule has 1 aromatic heterocycles. The van der Waals surface area contributed by atoms with Crippen molar-refractivity contribution in [3.63, 3.8) is 0 Å². The minimum atomic E-state index is -3.38. The third-order valence-electron chi connectivity index (χ3n) is 4.16. The number of rotatable bonds is 5. The zero-order valence-electron chi connectivity index (χ0n) is 13.8. The molecule has 0 aliphatic carbocycles. The molecule has 0 saturated carbocycles. The summed E-state index contributed by atoms with van der Waals surface area (Å²) >= 11 is 3.39. The summed E-state index contributed by atoms with van der Waals surface area (Å²) in [6.45, 7) is 3.48. The van der Waals surface area contributed by atoms with Gasteiger partial charge >= 0.3 is 0 Å². The number of nitrogens with one attached hydrogen (secondary N) is 1. The smallest absolute Gasteiger partial charge is 0.252 e.